The highest BCUT2D eigenvalue weighted by atomic mass is 19.1. The van der Waals surface area contributed by atoms with Gasteiger partial charge in [0.25, 0.3) is 11.8 Å². The van der Waals surface area contributed by atoms with Crippen molar-refractivity contribution in [2.45, 2.75) is 32.9 Å². The van der Waals surface area contributed by atoms with Crippen molar-refractivity contribution in [2.75, 3.05) is 7.05 Å². The van der Waals surface area contributed by atoms with Crippen LogP contribution in [0.15, 0.2) is 30.3 Å². The average molecular weight is 347 g/mol. The summed E-state index contributed by atoms with van der Waals surface area (Å²) in [5.74, 6) is -0.998. The zero-order chi connectivity index (χ0) is 18.6. The molecule has 2 amide bonds. The second kappa shape index (κ2) is 7.83. The molecule has 0 radical (unpaired) electrons. The molecule has 0 aliphatic carbocycles. The van der Waals surface area contributed by atoms with Gasteiger partial charge in [-0.05, 0) is 26.8 Å². The number of halogens is 1. The Morgan fingerprint density at radius 3 is 2.44 bits per heavy atom. The molecule has 7 heteroatoms. The first-order chi connectivity index (χ1) is 11.8. The molecule has 0 fully saturated rings. The molecule has 0 saturated carbocycles. The summed E-state index contributed by atoms with van der Waals surface area (Å²) in [5, 5.41) is 5.22. The molecule has 0 aliphatic rings. The summed E-state index contributed by atoms with van der Waals surface area (Å²) in [4.78, 5) is 27.0. The van der Waals surface area contributed by atoms with Gasteiger partial charge in [0.15, 0.2) is 5.75 Å². The van der Waals surface area contributed by atoms with Crippen molar-refractivity contribution in [2.24, 2.45) is 0 Å². The lowest BCUT2D eigenvalue weighted by Gasteiger charge is -2.15. The van der Waals surface area contributed by atoms with Gasteiger partial charge in [-0.2, -0.15) is 0 Å². The van der Waals surface area contributed by atoms with Crippen LogP contribution in [0, 0.1) is 5.82 Å². The highest BCUT2D eigenvalue weighted by Crippen LogP contribution is 2.27. The third-order valence-electron chi connectivity index (χ3n) is 3.55. The number of H-pyrrole nitrogens is 1. The number of hydrogen-bond acceptors (Lipinski definition) is 3. The maximum Gasteiger partial charge on any atom is 0.271 e. The van der Waals surface area contributed by atoms with Gasteiger partial charge in [-0.3, -0.25) is 9.59 Å². The molecular weight excluding hydrogens is 325 g/mol. The van der Waals surface area contributed by atoms with Crippen LogP contribution < -0.4 is 15.4 Å². The van der Waals surface area contributed by atoms with Gasteiger partial charge < -0.3 is 20.4 Å². The van der Waals surface area contributed by atoms with Crippen molar-refractivity contribution in [1.82, 2.24) is 15.6 Å². The standard InChI is InChI=1S/C18H22FN3O3/c1-10(2)21-17(23)14-9-15(16(22-14)18(24)20-4)25-11(3)12-7-5-6-8-13(12)19/h5-11,22H,1-4H3,(H,20,24)(H,21,23)/t11-/m0/s1. The van der Waals surface area contributed by atoms with Crippen molar-refractivity contribution < 1.29 is 18.7 Å². The Bertz CT molecular complexity index is 771. The molecule has 3 N–H and O–H groups in total. The number of carbonyl (C=O) groups is 2. The summed E-state index contributed by atoms with van der Waals surface area (Å²) < 4.78 is 19.7. The van der Waals surface area contributed by atoms with Crippen LogP contribution in [-0.4, -0.2) is 29.9 Å². The fourth-order valence-electron chi connectivity index (χ4n) is 2.34. The molecule has 0 aliphatic heterocycles. The maximum absolute atomic E-state index is 13.9. The first-order valence-electron chi connectivity index (χ1n) is 8.00. The van der Waals surface area contributed by atoms with Crippen molar-refractivity contribution in [3.05, 3.63) is 53.1 Å². The third kappa shape index (κ3) is 4.37. The molecule has 0 saturated heterocycles. The molecule has 2 rings (SSSR count). The number of carbonyl (C=O) groups excluding carboxylic acids is 2. The summed E-state index contributed by atoms with van der Waals surface area (Å²) in [5.41, 5.74) is 0.669. The third-order valence-corrected chi connectivity index (χ3v) is 3.55. The highest BCUT2D eigenvalue weighted by molar-refractivity contribution is 5.99. The largest absolute Gasteiger partial charge is 0.483 e. The number of rotatable bonds is 6. The lowest BCUT2D eigenvalue weighted by molar-refractivity contribution is 0.0938. The van der Waals surface area contributed by atoms with E-state index < -0.39 is 17.8 Å². The van der Waals surface area contributed by atoms with Crippen LogP contribution in [0.25, 0.3) is 0 Å². The summed E-state index contributed by atoms with van der Waals surface area (Å²) in [6.45, 7) is 5.34. The van der Waals surface area contributed by atoms with Gasteiger partial charge in [-0.25, -0.2) is 4.39 Å². The molecular formula is C18H22FN3O3. The fourth-order valence-corrected chi connectivity index (χ4v) is 2.34. The average Bonchev–Trinajstić information content (AvgIpc) is 2.97. The first-order valence-corrected chi connectivity index (χ1v) is 8.00. The van der Waals surface area contributed by atoms with Gasteiger partial charge in [-0.15, -0.1) is 0 Å². The van der Waals surface area contributed by atoms with E-state index in [0.29, 0.717) is 5.56 Å². The fraction of sp³-hybridized carbons (Fsp3) is 0.333. The van der Waals surface area contributed by atoms with Gasteiger partial charge in [0.1, 0.15) is 23.3 Å². The van der Waals surface area contributed by atoms with Gasteiger partial charge in [0.05, 0.1) is 0 Å². The molecule has 1 atom stereocenters. The molecule has 0 bridgehead atoms. The molecule has 134 valence electrons. The number of hydrogen-bond donors (Lipinski definition) is 3. The molecule has 1 aromatic carbocycles. The molecule has 6 nitrogen and oxygen atoms in total. The van der Waals surface area contributed by atoms with Crippen LogP contribution in [0.2, 0.25) is 0 Å². The van der Waals surface area contributed by atoms with E-state index >= 15 is 0 Å². The first kappa shape index (κ1) is 18.5. The summed E-state index contributed by atoms with van der Waals surface area (Å²) in [6, 6.07) is 7.63. The maximum atomic E-state index is 13.9. The zero-order valence-electron chi connectivity index (χ0n) is 14.6. The van der Waals surface area contributed by atoms with Crippen molar-refractivity contribution in [1.29, 1.82) is 0 Å². The molecule has 25 heavy (non-hydrogen) atoms. The SMILES string of the molecule is CNC(=O)c1[nH]c(C(=O)NC(C)C)cc1O[C@@H](C)c1ccccc1F. The summed E-state index contributed by atoms with van der Waals surface area (Å²) in [7, 11) is 1.47. The van der Waals surface area contributed by atoms with Crippen molar-refractivity contribution >= 4 is 11.8 Å². The Balaban J connectivity index is 2.32. The van der Waals surface area contributed by atoms with Crippen LogP contribution in [0.5, 0.6) is 5.75 Å². The van der Waals surface area contributed by atoms with Gasteiger partial charge in [-0.1, -0.05) is 18.2 Å². The van der Waals surface area contributed by atoms with E-state index in [4.69, 9.17) is 4.74 Å². The van der Waals surface area contributed by atoms with E-state index in [2.05, 4.69) is 15.6 Å². The lowest BCUT2D eigenvalue weighted by Crippen LogP contribution is -2.30. The minimum atomic E-state index is -0.638. The Kier molecular flexibility index (Phi) is 5.80. The molecule has 1 aromatic heterocycles. The van der Waals surface area contributed by atoms with Crippen molar-refractivity contribution in [3.8, 4) is 5.75 Å². The second-order valence-electron chi connectivity index (χ2n) is 5.91. The lowest BCUT2D eigenvalue weighted by atomic mass is 10.1. The van der Waals surface area contributed by atoms with E-state index in [1.165, 1.54) is 19.2 Å². The molecule has 1 heterocycles. The number of aromatic nitrogens is 1. The van der Waals surface area contributed by atoms with Gasteiger partial charge in [0, 0.05) is 24.7 Å². The minimum absolute atomic E-state index is 0.0547. The monoisotopic (exact) mass is 347 g/mol. The number of amides is 2. The Labute approximate surface area is 145 Å². The predicted molar refractivity (Wildman–Crippen MR) is 92.2 cm³/mol. The van der Waals surface area contributed by atoms with E-state index in [-0.39, 0.29) is 29.1 Å². The normalized spacial score (nSPS) is 11.9. The number of nitrogens with one attached hydrogen (secondary N) is 3. The quantitative estimate of drug-likeness (QED) is 0.751. The number of ether oxygens (including phenoxy) is 1. The topological polar surface area (TPSA) is 83.2 Å². The smallest absolute Gasteiger partial charge is 0.271 e. The summed E-state index contributed by atoms with van der Waals surface area (Å²) >= 11 is 0. The van der Waals surface area contributed by atoms with Crippen LogP contribution in [0.4, 0.5) is 4.39 Å². The molecule has 0 unspecified atom stereocenters. The summed E-state index contributed by atoms with van der Waals surface area (Å²) in [6.07, 6.45) is -0.638. The molecule has 0 spiro atoms. The predicted octanol–water partition coefficient (Wildman–Crippen LogP) is 2.79. The Hall–Kier alpha value is -2.83. The van der Waals surface area contributed by atoms with Crippen LogP contribution >= 0.6 is 0 Å². The number of aromatic amines is 1. The Morgan fingerprint density at radius 1 is 1.16 bits per heavy atom. The van der Waals surface area contributed by atoms with E-state index in [1.54, 1.807) is 25.1 Å². The number of benzene rings is 1. The van der Waals surface area contributed by atoms with E-state index in [1.807, 2.05) is 13.8 Å². The zero-order valence-corrected chi connectivity index (χ0v) is 14.6. The minimum Gasteiger partial charge on any atom is -0.483 e. The van der Waals surface area contributed by atoms with Crippen LogP contribution in [0.1, 0.15) is 53.4 Å². The van der Waals surface area contributed by atoms with Crippen LogP contribution in [-0.2, 0) is 0 Å². The molecule has 2 aromatic rings. The van der Waals surface area contributed by atoms with E-state index in [0.717, 1.165) is 0 Å². The second-order valence-corrected chi connectivity index (χ2v) is 5.91. The Morgan fingerprint density at radius 2 is 1.84 bits per heavy atom. The van der Waals surface area contributed by atoms with Crippen LogP contribution in [0.3, 0.4) is 0 Å². The van der Waals surface area contributed by atoms with Gasteiger partial charge in [0.2, 0.25) is 0 Å². The van der Waals surface area contributed by atoms with E-state index in [9.17, 15) is 14.0 Å². The van der Waals surface area contributed by atoms with Crippen molar-refractivity contribution in [3.63, 3.8) is 0 Å². The van der Waals surface area contributed by atoms with Gasteiger partial charge >= 0.3 is 0 Å². The highest BCUT2D eigenvalue weighted by Gasteiger charge is 2.22.